The third-order valence-electron chi connectivity index (χ3n) is 6.38. The third-order valence-corrected chi connectivity index (χ3v) is 6.38. The van der Waals surface area contributed by atoms with E-state index in [-0.39, 0.29) is 11.8 Å². The first-order valence-electron chi connectivity index (χ1n) is 11.6. The molecule has 6 heteroatoms. The van der Waals surface area contributed by atoms with Gasteiger partial charge >= 0.3 is 0 Å². The molecule has 3 rings (SSSR count). The van der Waals surface area contributed by atoms with Crippen molar-refractivity contribution in [1.82, 2.24) is 15.5 Å². The maximum absolute atomic E-state index is 12.4. The van der Waals surface area contributed by atoms with E-state index in [4.69, 9.17) is 4.99 Å². The summed E-state index contributed by atoms with van der Waals surface area (Å²) in [5.74, 6) is 1.79. The summed E-state index contributed by atoms with van der Waals surface area (Å²) in [6.07, 6.45) is 4.37. The molecule has 0 aromatic heterocycles. The molecule has 3 N–H and O–H groups in total. The van der Waals surface area contributed by atoms with Gasteiger partial charge in [-0.25, -0.2) is 4.99 Å². The summed E-state index contributed by atoms with van der Waals surface area (Å²) in [5.41, 5.74) is 1.97. The van der Waals surface area contributed by atoms with Gasteiger partial charge in [0.25, 0.3) is 0 Å². The number of likely N-dealkylation sites (tertiary alicyclic amines) is 1. The van der Waals surface area contributed by atoms with E-state index >= 15 is 0 Å². The molecule has 1 amide bonds. The lowest BCUT2D eigenvalue weighted by atomic mass is 10.1. The van der Waals surface area contributed by atoms with Crippen molar-refractivity contribution in [3.05, 3.63) is 29.8 Å². The second kappa shape index (κ2) is 10.8. The van der Waals surface area contributed by atoms with E-state index in [1.807, 2.05) is 18.2 Å². The zero-order chi connectivity index (χ0) is 21.5. The van der Waals surface area contributed by atoms with Crippen LogP contribution in [-0.2, 0) is 11.3 Å². The molecule has 6 nitrogen and oxygen atoms in total. The molecule has 1 aromatic rings. The Balaban J connectivity index is 1.59. The quantitative estimate of drug-likeness (QED) is 0.472. The second-order valence-electron chi connectivity index (χ2n) is 9.14. The fourth-order valence-corrected chi connectivity index (χ4v) is 4.46. The lowest BCUT2D eigenvalue weighted by molar-refractivity contribution is -0.119. The van der Waals surface area contributed by atoms with Crippen molar-refractivity contribution < 1.29 is 4.79 Å². The molecule has 30 heavy (non-hydrogen) atoms. The molecule has 1 aliphatic heterocycles. The van der Waals surface area contributed by atoms with Gasteiger partial charge in [-0.2, -0.15) is 0 Å². The molecule has 2 fully saturated rings. The zero-order valence-electron chi connectivity index (χ0n) is 19.1. The number of rotatable bonds is 7. The average molecular weight is 414 g/mol. The maximum Gasteiger partial charge on any atom is 0.227 e. The zero-order valence-corrected chi connectivity index (χ0v) is 19.1. The van der Waals surface area contributed by atoms with Gasteiger partial charge in [0.05, 0.1) is 6.54 Å². The van der Waals surface area contributed by atoms with Crippen molar-refractivity contribution in [2.24, 2.45) is 16.8 Å². The number of anilines is 1. The van der Waals surface area contributed by atoms with Crippen LogP contribution >= 0.6 is 0 Å². The van der Waals surface area contributed by atoms with Crippen LogP contribution < -0.4 is 16.0 Å². The molecule has 166 valence electrons. The van der Waals surface area contributed by atoms with E-state index in [0.29, 0.717) is 24.5 Å². The number of carbonyl (C=O) groups is 1. The number of guanidine groups is 1. The summed E-state index contributed by atoms with van der Waals surface area (Å²) >= 11 is 0. The van der Waals surface area contributed by atoms with E-state index in [1.165, 1.54) is 12.8 Å². The lowest BCUT2D eigenvalue weighted by Crippen LogP contribution is -2.46. The molecule has 1 saturated heterocycles. The largest absolute Gasteiger partial charge is 0.357 e. The first-order valence-corrected chi connectivity index (χ1v) is 11.6. The number of aliphatic imine (C=N–C) groups is 1. The fraction of sp³-hybridized carbons (Fsp3) is 0.667. The monoisotopic (exact) mass is 413 g/mol. The van der Waals surface area contributed by atoms with Crippen LogP contribution in [0.25, 0.3) is 0 Å². The summed E-state index contributed by atoms with van der Waals surface area (Å²) < 4.78 is 0. The Kier molecular flexibility index (Phi) is 8.14. The van der Waals surface area contributed by atoms with Crippen LogP contribution in [0, 0.1) is 11.8 Å². The van der Waals surface area contributed by atoms with Gasteiger partial charge < -0.3 is 16.0 Å². The molecular formula is C24H39N5O. The first-order chi connectivity index (χ1) is 14.5. The van der Waals surface area contributed by atoms with E-state index in [9.17, 15) is 4.79 Å². The molecule has 0 radical (unpaired) electrons. The summed E-state index contributed by atoms with van der Waals surface area (Å²) in [7, 11) is 0. The summed E-state index contributed by atoms with van der Waals surface area (Å²) in [4.78, 5) is 19.7. The van der Waals surface area contributed by atoms with E-state index < -0.39 is 0 Å². The Labute approximate surface area is 181 Å². The van der Waals surface area contributed by atoms with E-state index in [2.05, 4.69) is 54.6 Å². The van der Waals surface area contributed by atoms with Crippen LogP contribution in [0.3, 0.4) is 0 Å². The summed E-state index contributed by atoms with van der Waals surface area (Å²) in [6.45, 7) is 12.5. The number of nitrogens with zero attached hydrogens (tertiary/aromatic N) is 2. The molecule has 2 atom stereocenters. The number of nitrogens with one attached hydrogen (secondary N) is 3. The second-order valence-corrected chi connectivity index (χ2v) is 9.14. The molecule has 1 aliphatic carbocycles. The highest BCUT2D eigenvalue weighted by molar-refractivity contribution is 5.92. The minimum absolute atomic E-state index is 0.160. The minimum atomic E-state index is 0.160. The number of carbonyl (C=O) groups excluding carboxylic acids is 1. The molecule has 1 aromatic carbocycles. The molecule has 1 saturated carbocycles. The van der Waals surface area contributed by atoms with Gasteiger partial charge in [-0.15, -0.1) is 0 Å². The van der Waals surface area contributed by atoms with Gasteiger partial charge in [0, 0.05) is 43.3 Å². The van der Waals surface area contributed by atoms with Gasteiger partial charge in [0.2, 0.25) is 5.91 Å². The lowest BCUT2D eigenvalue weighted by Gasteiger charge is -2.22. The van der Waals surface area contributed by atoms with E-state index in [0.717, 1.165) is 49.7 Å². The van der Waals surface area contributed by atoms with Crippen molar-refractivity contribution in [3.8, 4) is 0 Å². The smallest absolute Gasteiger partial charge is 0.227 e. The van der Waals surface area contributed by atoms with Gasteiger partial charge in [-0.3, -0.25) is 9.69 Å². The van der Waals surface area contributed by atoms with Gasteiger partial charge in [-0.05, 0) is 57.2 Å². The molecule has 0 spiro atoms. The number of hydrogen-bond acceptors (Lipinski definition) is 3. The topological polar surface area (TPSA) is 68.8 Å². The molecular weight excluding hydrogens is 374 g/mol. The summed E-state index contributed by atoms with van der Waals surface area (Å²) in [5, 5.41) is 10.1. The maximum atomic E-state index is 12.4. The van der Waals surface area contributed by atoms with Crippen molar-refractivity contribution in [3.63, 3.8) is 0 Å². The van der Waals surface area contributed by atoms with Gasteiger partial charge in [0.15, 0.2) is 5.96 Å². The van der Waals surface area contributed by atoms with E-state index in [1.54, 1.807) is 0 Å². The van der Waals surface area contributed by atoms with Crippen molar-refractivity contribution in [1.29, 1.82) is 0 Å². The van der Waals surface area contributed by atoms with Crippen LogP contribution in [0.15, 0.2) is 29.3 Å². The Morgan fingerprint density at radius 1 is 1.23 bits per heavy atom. The SMILES string of the molecule is CCNC(=NCc1cccc(NC(=O)C2CCCC2)c1)NC1CN(C(C)C)CC1C. The van der Waals surface area contributed by atoms with Crippen LogP contribution in [0.5, 0.6) is 0 Å². The van der Waals surface area contributed by atoms with Crippen LogP contribution in [0.1, 0.15) is 58.9 Å². The van der Waals surface area contributed by atoms with Gasteiger partial charge in [0.1, 0.15) is 0 Å². The van der Waals surface area contributed by atoms with Crippen LogP contribution in [-0.4, -0.2) is 48.5 Å². The Morgan fingerprint density at radius 2 is 2.00 bits per heavy atom. The van der Waals surface area contributed by atoms with Crippen LogP contribution in [0.2, 0.25) is 0 Å². The first kappa shape index (κ1) is 22.6. The third kappa shape index (κ3) is 6.21. The highest BCUT2D eigenvalue weighted by atomic mass is 16.1. The summed E-state index contributed by atoms with van der Waals surface area (Å²) in [6, 6.07) is 9.04. The molecule has 2 aliphatic rings. The predicted molar refractivity (Wildman–Crippen MR) is 125 cm³/mol. The molecule has 1 heterocycles. The number of benzene rings is 1. The predicted octanol–water partition coefficient (Wildman–Crippen LogP) is 3.60. The highest BCUT2D eigenvalue weighted by Crippen LogP contribution is 2.26. The Bertz CT molecular complexity index is 726. The minimum Gasteiger partial charge on any atom is -0.357 e. The van der Waals surface area contributed by atoms with Crippen molar-refractivity contribution >= 4 is 17.6 Å². The van der Waals surface area contributed by atoms with Crippen molar-refractivity contribution in [2.75, 3.05) is 25.0 Å². The van der Waals surface area contributed by atoms with Gasteiger partial charge in [-0.1, -0.05) is 31.9 Å². The van der Waals surface area contributed by atoms with Crippen molar-refractivity contribution in [2.45, 2.75) is 72.0 Å². The highest BCUT2D eigenvalue weighted by Gasteiger charge is 2.31. The molecule has 2 unspecified atom stereocenters. The Morgan fingerprint density at radius 3 is 2.67 bits per heavy atom. The standard InChI is InChI=1S/C24H39N5O/c1-5-25-24(28-22-16-29(17(2)3)15-18(22)4)26-14-19-9-8-12-21(13-19)27-23(30)20-10-6-7-11-20/h8-9,12-13,17-18,20,22H,5-7,10-11,14-16H2,1-4H3,(H,27,30)(H2,25,26,28). The number of hydrogen-bond donors (Lipinski definition) is 3. The number of amides is 1. The fourth-order valence-electron chi connectivity index (χ4n) is 4.46. The Hall–Kier alpha value is -2.08. The normalized spacial score (nSPS) is 23.2. The van der Waals surface area contributed by atoms with Crippen LogP contribution in [0.4, 0.5) is 5.69 Å². The molecule has 0 bridgehead atoms. The average Bonchev–Trinajstić information content (AvgIpc) is 3.37.